The third-order valence-electron chi connectivity index (χ3n) is 8.66. The molecule has 14 heteroatoms. The lowest BCUT2D eigenvalue weighted by Crippen LogP contribution is -2.43. The van der Waals surface area contributed by atoms with Crippen LogP contribution < -0.4 is 21.5 Å². The molecule has 0 saturated carbocycles. The van der Waals surface area contributed by atoms with E-state index in [9.17, 15) is 14.0 Å². The summed E-state index contributed by atoms with van der Waals surface area (Å²) in [6.07, 6.45) is 2.66. The summed E-state index contributed by atoms with van der Waals surface area (Å²) in [6.45, 7) is 1.46. The average molecular weight is 651 g/mol. The zero-order valence-electron chi connectivity index (χ0n) is 23.7. The summed E-state index contributed by atoms with van der Waals surface area (Å²) in [5.74, 6) is -0.868. The summed E-state index contributed by atoms with van der Waals surface area (Å²) < 4.78 is 52.1. The molecule has 0 unspecified atom stereocenters. The SMILES string of the molecule is N#Cc1c(N)sc2c(F)ccc(-c3c(Cl)cc4c(NCc5cccnc5N)nc(OC[C@@]56CCCN5C[C@H](F)C6)nc4c3F)c12. The number of hydrogen-bond acceptors (Lipinski definition) is 10. The van der Waals surface area contributed by atoms with E-state index in [-0.39, 0.29) is 72.7 Å². The van der Waals surface area contributed by atoms with Crippen LogP contribution in [0.5, 0.6) is 6.01 Å². The highest BCUT2D eigenvalue weighted by Crippen LogP contribution is 2.46. The summed E-state index contributed by atoms with van der Waals surface area (Å²) >= 11 is 7.63. The first kappa shape index (κ1) is 29.3. The van der Waals surface area contributed by atoms with E-state index in [0.29, 0.717) is 24.3 Å². The smallest absolute Gasteiger partial charge is 0.319 e. The molecule has 0 bridgehead atoms. The monoisotopic (exact) mass is 650 g/mol. The fraction of sp³-hybridized carbons (Fsp3) is 0.290. The first-order valence-corrected chi connectivity index (χ1v) is 15.4. The van der Waals surface area contributed by atoms with Gasteiger partial charge in [-0.25, -0.2) is 18.2 Å². The van der Waals surface area contributed by atoms with Crippen LogP contribution in [-0.2, 0) is 6.54 Å². The van der Waals surface area contributed by atoms with Crippen molar-refractivity contribution >= 4 is 60.6 Å². The number of benzene rings is 2. The van der Waals surface area contributed by atoms with Crippen molar-refractivity contribution in [3.63, 3.8) is 0 Å². The Labute approximate surface area is 264 Å². The Morgan fingerprint density at radius 1 is 1.24 bits per heavy atom. The molecule has 0 aliphatic carbocycles. The van der Waals surface area contributed by atoms with E-state index in [1.807, 2.05) is 6.07 Å². The quantitative estimate of drug-likeness (QED) is 0.182. The fourth-order valence-corrected chi connectivity index (χ4v) is 7.80. The van der Waals surface area contributed by atoms with E-state index in [2.05, 4.69) is 25.2 Å². The molecule has 7 rings (SSSR count). The number of nitriles is 1. The zero-order chi connectivity index (χ0) is 31.5. The van der Waals surface area contributed by atoms with Crippen LogP contribution in [0.2, 0.25) is 5.02 Å². The number of fused-ring (bicyclic) bond motifs is 3. The number of pyridine rings is 1. The van der Waals surface area contributed by atoms with Crippen molar-refractivity contribution in [2.75, 3.05) is 36.5 Å². The molecule has 5 heterocycles. The van der Waals surface area contributed by atoms with Crippen LogP contribution in [0.15, 0.2) is 36.5 Å². The molecule has 2 aliphatic heterocycles. The van der Waals surface area contributed by atoms with E-state index in [0.717, 1.165) is 30.7 Å². The normalized spacial score (nSPS) is 19.7. The number of rotatable bonds is 7. The number of ether oxygens (including phenoxy) is 1. The van der Waals surface area contributed by atoms with Crippen molar-refractivity contribution in [1.29, 1.82) is 5.26 Å². The number of nitrogens with one attached hydrogen (secondary N) is 1. The van der Waals surface area contributed by atoms with Crippen molar-refractivity contribution < 1.29 is 17.9 Å². The van der Waals surface area contributed by atoms with Gasteiger partial charge in [0.1, 0.15) is 46.8 Å². The maximum Gasteiger partial charge on any atom is 0.319 e. The minimum Gasteiger partial charge on any atom is -0.461 e. The minimum absolute atomic E-state index is 0.0109. The van der Waals surface area contributed by atoms with Crippen molar-refractivity contribution in [1.82, 2.24) is 19.9 Å². The molecule has 9 nitrogen and oxygen atoms in total. The van der Waals surface area contributed by atoms with Gasteiger partial charge >= 0.3 is 6.01 Å². The van der Waals surface area contributed by atoms with Gasteiger partial charge in [-0.2, -0.15) is 15.2 Å². The van der Waals surface area contributed by atoms with Crippen LogP contribution in [0, 0.1) is 23.0 Å². The molecule has 2 saturated heterocycles. The number of nitrogens with two attached hydrogens (primary N) is 2. The van der Waals surface area contributed by atoms with Crippen molar-refractivity contribution in [2.45, 2.75) is 37.5 Å². The minimum atomic E-state index is -0.951. The first-order chi connectivity index (χ1) is 21.7. The molecule has 0 spiro atoms. The topological polar surface area (TPSA) is 139 Å². The second-order valence-electron chi connectivity index (χ2n) is 11.3. The highest BCUT2D eigenvalue weighted by molar-refractivity contribution is 7.23. The van der Waals surface area contributed by atoms with Gasteiger partial charge in [0.05, 0.1) is 20.8 Å². The number of nitrogen functional groups attached to an aromatic ring is 2. The standard InChI is InChI=1S/C31H26ClF3N8OS/c32-20-9-18-25(24(35)23(20)17-4-5-21(34)26-22(17)19(11-36)28(38)45-26)41-30(42-29(18)40-12-15-3-1-7-39-27(15)37)44-14-31-6-2-8-43(31)13-16(33)10-31/h1,3-5,7,9,16H,2,6,8,10,12-14,38H2,(H2,37,39)(H,40,41,42)/t16-,31+/m1/s1. The third kappa shape index (κ3) is 4.93. The first-order valence-electron chi connectivity index (χ1n) is 14.2. The van der Waals surface area contributed by atoms with Crippen molar-refractivity contribution in [3.8, 4) is 23.2 Å². The number of thiophene rings is 1. The Hall–Kier alpha value is -4.38. The molecule has 5 aromatic rings. The number of alkyl halides is 1. The lowest BCUT2D eigenvalue weighted by Gasteiger charge is -2.30. The van der Waals surface area contributed by atoms with Gasteiger partial charge in [0.2, 0.25) is 0 Å². The Bertz CT molecular complexity index is 2030. The van der Waals surface area contributed by atoms with Gasteiger partial charge < -0.3 is 21.5 Å². The highest BCUT2D eigenvalue weighted by Gasteiger charge is 2.49. The molecule has 45 heavy (non-hydrogen) atoms. The third-order valence-corrected chi connectivity index (χ3v) is 9.99. The Morgan fingerprint density at radius 2 is 2.09 bits per heavy atom. The number of halogens is 4. The maximum absolute atomic E-state index is 16.7. The number of hydrogen-bond donors (Lipinski definition) is 3. The van der Waals surface area contributed by atoms with E-state index in [1.165, 1.54) is 18.2 Å². The Balaban J connectivity index is 1.37. The zero-order valence-corrected chi connectivity index (χ0v) is 25.3. The molecule has 2 atom stereocenters. The second kappa shape index (κ2) is 11.2. The van der Waals surface area contributed by atoms with Crippen molar-refractivity contribution in [2.24, 2.45) is 0 Å². The van der Waals surface area contributed by atoms with E-state index < -0.39 is 23.3 Å². The van der Waals surface area contributed by atoms with Crippen molar-refractivity contribution in [3.05, 3.63) is 64.3 Å². The van der Waals surface area contributed by atoms with Crippen LogP contribution in [0.3, 0.4) is 0 Å². The van der Waals surface area contributed by atoms with E-state index in [4.69, 9.17) is 27.8 Å². The molecule has 2 aromatic carbocycles. The van der Waals surface area contributed by atoms with Crippen LogP contribution in [0.4, 0.5) is 29.8 Å². The van der Waals surface area contributed by atoms with Gasteiger partial charge in [-0.1, -0.05) is 23.7 Å². The fourth-order valence-electron chi connectivity index (χ4n) is 6.56. The Kier molecular flexibility index (Phi) is 7.31. The van der Waals surface area contributed by atoms with E-state index in [1.54, 1.807) is 18.3 Å². The molecule has 0 radical (unpaired) electrons. The predicted molar refractivity (Wildman–Crippen MR) is 169 cm³/mol. The van der Waals surface area contributed by atoms with Gasteiger partial charge in [-0.15, -0.1) is 11.3 Å². The summed E-state index contributed by atoms with van der Waals surface area (Å²) in [5, 5.41) is 13.5. The molecule has 230 valence electrons. The molecule has 2 aliphatic rings. The summed E-state index contributed by atoms with van der Waals surface area (Å²) in [6, 6.07) is 9.48. The van der Waals surface area contributed by atoms with E-state index >= 15 is 4.39 Å². The summed E-state index contributed by atoms with van der Waals surface area (Å²) in [4.78, 5) is 15.2. The number of anilines is 3. The van der Waals surface area contributed by atoms with Crippen LogP contribution >= 0.6 is 22.9 Å². The average Bonchev–Trinajstić information content (AvgIpc) is 3.66. The maximum atomic E-state index is 16.7. The molecule has 5 N–H and O–H groups in total. The molecule has 2 fully saturated rings. The van der Waals surface area contributed by atoms with Crippen LogP contribution in [-0.4, -0.2) is 51.3 Å². The van der Waals surface area contributed by atoms with Gasteiger partial charge in [-0.05, 0) is 43.1 Å². The lowest BCUT2D eigenvalue weighted by molar-refractivity contribution is 0.107. The molecular weight excluding hydrogens is 625 g/mol. The number of nitrogens with zero attached hydrogens (tertiary/aromatic N) is 5. The number of aromatic nitrogens is 3. The molecular formula is C31H26ClF3N8OS. The van der Waals surface area contributed by atoms with Gasteiger partial charge in [0.15, 0.2) is 5.82 Å². The molecule has 0 amide bonds. The largest absolute Gasteiger partial charge is 0.461 e. The lowest BCUT2D eigenvalue weighted by atomic mass is 9.95. The highest BCUT2D eigenvalue weighted by atomic mass is 35.5. The predicted octanol–water partition coefficient (Wildman–Crippen LogP) is 6.44. The van der Waals surface area contributed by atoms with Gasteiger partial charge in [0.25, 0.3) is 0 Å². The summed E-state index contributed by atoms with van der Waals surface area (Å²) in [5.41, 5.74) is 12.3. The van der Waals surface area contributed by atoms with Gasteiger partial charge in [-0.3, -0.25) is 4.90 Å². The summed E-state index contributed by atoms with van der Waals surface area (Å²) in [7, 11) is 0. The van der Waals surface area contributed by atoms with Gasteiger partial charge in [0, 0.05) is 47.6 Å². The van der Waals surface area contributed by atoms with Crippen LogP contribution in [0.1, 0.15) is 30.4 Å². The Morgan fingerprint density at radius 3 is 2.89 bits per heavy atom. The molecule has 3 aromatic heterocycles. The van der Waals surface area contributed by atoms with Crippen LogP contribution in [0.25, 0.3) is 32.1 Å². The second-order valence-corrected chi connectivity index (χ2v) is 12.8.